The molecule has 1 heterocycles. The lowest BCUT2D eigenvalue weighted by Gasteiger charge is -2.09. The van der Waals surface area contributed by atoms with E-state index in [0.29, 0.717) is 11.4 Å². The van der Waals surface area contributed by atoms with E-state index in [1.54, 1.807) is 13.8 Å². The molecule has 1 aromatic rings. The Balaban J connectivity index is 2.90. The highest BCUT2D eigenvalue weighted by atomic mass is 16.5. The van der Waals surface area contributed by atoms with E-state index in [2.05, 4.69) is 15.2 Å². The molecule has 15 heavy (non-hydrogen) atoms. The molecule has 0 bridgehead atoms. The van der Waals surface area contributed by atoms with E-state index < -0.39 is 5.97 Å². The lowest BCUT2D eigenvalue weighted by atomic mass is 10.0. The third-order valence-corrected chi connectivity index (χ3v) is 2.01. The zero-order valence-electron chi connectivity index (χ0n) is 8.89. The van der Waals surface area contributed by atoms with Gasteiger partial charge in [0.05, 0.1) is 24.9 Å². The van der Waals surface area contributed by atoms with Gasteiger partial charge in [-0.15, -0.1) is 5.10 Å². The van der Waals surface area contributed by atoms with Gasteiger partial charge in [-0.25, -0.2) is 0 Å². The van der Waals surface area contributed by atoms with Crippen LogP contribution in [-0.2, 0) is 4.79 Å². The zero-order valence-corrected chi connectivity index (χ0v) is 8.89. The summed E-state index contributed by atoms with van der Waals surface area (Å²) in [5, 5.41) is 16.3. The highest BCUT2D eigenvalue weighted by Gasteiger charge is 2.16. The molecule has 0 spiro atoms. The molecule has 1 N–H and O–H groups in total. The minimum atomic E-state index is -0.862. The fourth-order valence-corrected chi connectivity index (χ4v) is 1.29. The van der Waals surface area contributed by atoms with E-state index in [1.807, 2.05) is 0 Å². The Kier molecular flexibility index (Phi) is 3.54. The fraction of sp³-hybridized carbons (Fsp3) is 0.556. The third kappa shape index (κ3) is 2.87. The molecular weight excluding hydrogens is 198 g/mol. The molecule has 1 aromatic heterocycles. The molecule has 0 aromatic carbocycles. The fourth-order valence-electron chi connectivity index (χ4n) is 1.29. The topological polar surface area (TPSA) is 85.2 Å². The molecule has 1 unspecified atom stereocenters. The SMILES string of the molecule is COc1nnc(C(C)CC(=O)O)c(C)n1. The maximum atomic E-state index is 10.5. The summed E-state index contributed by atoms with van der Waals surface area (Å²) in [5.74, 6) is -1.06. The first-order valence-electron chi connectivity index (χ1n) is 4.51. The van der Waals surface area contributed by atoms with Crippen molar-refractivity contribution in [1.82, 2.24) is 15.2 Å². The van der Waals surface area contributed by atoms with Crippen molar-refractivity contribution in [3.63, 3.8) is 0 Å². The Morgan fingerprint density at radius 3 is 2.67 bits per heavy atom. The highest BCUT2D eigenvalue weighted by molar-refractivity contribution is 5.67. The monoisotopic (exact) mass is 211 g/mol. The van der Waals surface area contributed by atoms with Crippen molar-refractivity contribution >= 4 is 5.97 Å². The van der Waals surface area contributed by atoms with E-state index in [-0.39, 0.29) is 18.3 Å². The molecule has 0 fully saturated rings. The average molecular weight is 211 g/mol. The Morgan fingerprint density at radius 2 is 2.20 bits per heavy atom. The summed E-state index contributed by atoms with van der Waals surface area (Å²) in [4.78, 5) is 14.6. The van der Waals surface area contributed by atoms with Gasteiger partial charge in [0.1, 0.15) is 0 Å². The molecule has 0 aliphatic heterocycles. The lowest BCUT2D eigenvalue weighted by Crippen LogP contribution is -2.09. The molecule has 0 saturated carbocycles. The van der Waals surface area contributed by atoms with Crippen LogP contribution in [0.25, 0.3) is 0 Å². The normalized spacial score (nSPS) is 12.2. The van der Waals surface area contributed by atoms with Gasteiger partial charge in [-0.05, 0) is 6.92 Å². The molecule has 0 aliphatic carbocycles. The highest BCUT2D eigenvalue weighted by Crippen LogP contribution is 2.19. The van der Waals surface area contributed by atoms with E-state index in [4.69, 9.17) is 9.84 Å². The summed E-state index contributed by atoms with van der Waals surface area (Å²) in [7, 11) is 1.46. The number of nitrogens with zero attached hydrogens (tertiary/aromatic N) is 3. The summed E-state index contributed by atoms with van der Waals surface area (Å²) in [6, 6.07) is 0.193. The number of aliphatic carboxylic acids is 1. The van der Waals surface area contributed by atoms with E-state index in [1.165, 1.54) is 7.11 Å². The molecule has 0 saturated heterocycles. The predicted molar refractivity (Wildman–Crippen MR) is 51.8 cm³/mol. The summed E-state index contributed by atoms with van der Waals surface area (Å²) in [6.45, 7) is 3.53. The van der Waals surface area contributed by atoms with Crippen LogP contribution in [0.3, 0.4) is 0 Å². The Morgan fingerprint density at radius 1 is 1.53 bits per heavy atom. The summed E-state index contributed by atoms with van der Waals surface area (Å²) in [6.07, 6.45) is 0.0174. The number of ether oxygens (including phenoxy) is 1. The summed E-state index contributed by atoms with van der Waals surface area (Å²) >= 11 is 0. The maximum Gasteiger partial charge on any atom is 0.335 e. The quantitative estimate of drug-likeness (QED) is 0.791. The van der Waals surface area contributed by atoms with Crippen LogP contribution in [0.2, 0.25) is 0 Å². The molecule has 6 heteroatoms. The summed E-state index contributed by atoms with van der Waals surface area (Å²) < 4.78 is 4.81. The predicted octanol–water partition coefficient (Wildman–Crippen LogP) is 0.767. The number of hydrogen-bond donors (Lipinski definition) is 1. The van der Waals surface area contributed by atoms with Crippen molar-refractivity contribution in [2.45, 2.75) is 26.2 Å². The first-order valence-corrected chi connectivity index (χ1v) is 4.51. The second-order valence-electron chi connectivity index (χ2n) is 3.27. The Labute approximate surface area is 87.3 Å². The number of methoxy groups -OCH3 is 1. The van der Waals surface area contributed by atoms with Gasteiger partial charge >= 0.3 is 12.0 Å². The van der Waals surface area contributed by atoms with Crippen LogP contribution >= 0.6 is 0 Å². The number of aromatic nitrogens is 3. The van der Waals surface area contributed by atoms with Gasteiger partial charge in [0.25, 0.3) is 0 Å². The van der Waals surface area contributed by atoms with Gasteiger partial charge < -0.3 is 9.84 Å². The van der Waals surface area contributed by atoms with Crippen LogP contribution < -0.4 is 4.74 Å². The van der Waals surface area contributed by atoms with Crippen molar-refractivity contribution in [2.24, 2.45) is 0 Å². The Bertz CT molecular complexity index is 368. The van der Waals surface area contributed by atoms with E-state index in [0.717, 1.165) is 0 Å². The maximum absolute atomic E-state index is 10.5. The Hall–Kier alpha value is -1.72. The van der Waals surface area contributed by atoms with Gasteiger partial charge in [0, 0.05) is 5.92 Å². The standard InChI is InChI=1S/C9H13N3O3/c1-5(4-7(13)14)8-6(2)10-9(15-3)12-11-8/h5H,4H2,1-3H3,(H,13,14). The number of rotatable bonds is 4. The average Bonchev–Trinajstić information content (AvgIpc) is 2.16. The lowest BCUT2D eigenvalue weighted by molar-refractivity contribution is -0.137. The van der Waals surface area contributed by atoms with Gasteiger partial charge in [0.15, 0.2) is 0 Å². The van der Waals surface area contributed by atoms with E-state index >= 15 is 0 Å². The largest absolute Gasteiger partial charge is 0.481 e. The number of carboxylic acids is 1. The molecule has 1 atom stereocenters. The summed E-state index contributed by atoms with van der Waals surface area (Å²) in [5.41, 5.74) is 1.24. The van der Waals surface area contributed by atoms with E-state index in [9.17, 15) is 4.79 Å². The van der Waals surface area contributed by atoms with Gasteiger partial charge in [-0.2, -0.15) is 4.98 Å². The molecular formula is C9H13N3O3. The zero-order chi connectivity index (χ0) is 11.4. The van der Waals surface area contributed by atoms with Crippen molar-refractivity contribution < 1.29 is 14.6 Å². The molecule has 82 valence electrons. The van der Waals surface area contributed by atoms with Crippen LogP contribution in [0.1, 0.15) is 30.7 Å². The van der Waals surface area contributed by atoms with Crippen LogP contribution in [-0.4, -0.2) is 33.4 Å². The smallest absolute Gasteiger partial charge is 0.335 e. The molecule has 6 nitrogen and oxygen atoms in total. The second kappa shape index (κ2) is 4.68. The molecule has 0 radical (unpaired) electrons. The third-order valence-electron chi connectivity index (χ3n) is 2.01. The van der Waals surface area contributed by atoms with Crippen molar-refractivity contribution in [1.29, 1.82) is 0 Å². The van der Waals surface area contributed by atoms with Gasteiger partial charge in [-0.3, -0.25) is 4.79 Å². The molecule has 0 amide bonds. The van der Waals surface area contributed by atoms with Crippen molar-refractivity contribution in [2.75, 3.05) is 7.11 Å². The number of aryl methyl sites for hydroxylation is 1. The molecule has 1 rings (SSSR count). The van der Waals surface area contributed by atoms with Crippen LogP contribution in [0.4, 0.5) is 0 Å². The van der Waals surface area contributed by atoms with Crippen LogP contribution in [0, 0.1) is 6.92 Å². The van der Waals surface area contributed by atoms with Gasteiger partial charge in [-0.1, -0.05) is 12.0 Å². The number of hydrogen-bond acceptors (Lipinski definition) is 5. The number of carboxylic acid groups (broad SMARTS) is 1. The number of carbonyl (C=O) groups is 1. The minimum absolute atomic E-state index is 0.0174. The van der Waals surface area contributed by atoms with Crippen molar-refractivity contribution in [3.05, 3.63) is 11.4 Å². The first kappa shape index (κ1) is 11.4. The first-order chi connectivity index (χ1) is 7.04. The van der Waals surface area contributed by atoms with Crippen LogP contribution in [0.5, 0.6) is 6.01 Å². The van der Waals surface area contributed by atoms with Gasteiger partial charge in [0.2, 0.25) is 0 Å². The minimum Gasteiger partial charge on any atom is -0.481 e. The molecule has 0 aliphatic rings. The second-order valence-corrected chi connectivity index (χ2v) is 3.27. The van der Waals surface area contributed by atoms with Crippen molar-refractivity contribution in [3.8, 4) is 6.01 Å². The van der Waals surface area contributed by atoms with Crippen LogP contribution in [0.15, 0.2) is 0 Å².